The Morgan fingerprint density at radius 3 is 2.50 bits per heavy atom. The van der Waals surface area contributed by atoms with Crippen LogP contribution in [0.1, 0.15) is 23.7 Å². The van der Waals surface area contributed by atoms with Crippen LogP contribution in [0.15, 0.2) is 47.3 Å². The summed E-state index contributed by atoms with van der Waals surface area (Å²) < 4.78 is 0. The van der Waals surface area contributed by atoms with Crippen LogP contribution in [-0.4, -0.2) is 21.8 Å². The number of fused-ring (bicyclic) bond motifs is 1. The molecule has 3 aromatic rings. The molecule has 1 aromatic heterocycles. The molecule has 1 aliphatic rings. The third-order valence-electron chi connectivity index (χ3n) is 4.61. The first-order valence-electron chi connectivity index (χ1n) is 8.44. The third kappa shape index (κ3) is 3.23. The van der Waals surface area contributed by atoms with E-state index in [-0.39, 0.29) is 23.4 Å². The molecule has 0 unspecified atom stereocenters. The van der Waals surface area contributed by atoms with Gasteiger partial charge in [0.2, 0.25) is 5.91 Å². The van der Waals surface area contributed by atoms with Gasteiger partial charge in [0.1, 0.15) is 0 Å². The molecule has 1 saturated carbocycles. The number of amides is 2. The minimum absolute atomic E-state index is 0.00285. The minimum Gasteiger partial charge on any atom is -0.326 e. The summed E-state index contributed by atoms with van der Waals surface area (Å²) in [5.74, 6) is 0.203. The first-order valence-corrected chi connectivity index (χ1v) is 8.44. The molecule has 0 bridgehead atoms. The van der Waals surface area contributed by atoms with Crippen molar-refractivity contribution < 1.29 is 9.59 Å². The predicted molar refractivity (Wildman–Crippen MR) is 99.2 cm³/mol. The van der Waals surface area contributed by atoms with Crippen LogP contribution in [0.2, 0.25) is 0 Å². The molecule has 0 saturated heterocycles. The normalized spacial score (nSPS) is 18.5. The van der Waals surface area contributed by atoms with Gasteiger partial charge in [0, 0.05) is 22.9 Å². The number of rotatable bonds is 4. The van der Waals surface area contributed by atoms with E-state index in [4.69, 9.17) is 0 Å². The van der Waals surface area contributed by atoms with Gasteiger partial charge in [-0.2, -0.15) is 0 Å². The van der Waals surface area contributed by atoms with Crippen molar-refractivity contribution in [1.82, 2.24) is 9.97 Å². The average molecular weight is 350 g/mol. The summed E-state index contributed by atoms with van der Waals surface area (Å²) in [5, 5.41) is 5.65. The van der Waals surface area contributed by atoms with Crippen LogP contribution in [0.5, 0.6) is 0 Å². The number of benzene rings is 2. The molecule has 2 atom stereocenters. The van der Waals surface area contributed by atoms with Crippen molar-refractivity contribution >= 4 is 34.2 Å². The van der Waals surface area contributed by atoms with Crippen molar-refractivity contribution in [3.05, 3.63) is 58.5 Å². The molecule has 0 aliphatic heterocycles. The highest BCUT2D eigenvalue weighted by Gasteiger charge is 2.39. The van der Waals surface area contributed by atoms with Crippen LogP contribution in [0, 0.1) is 11.8 Å². The molecule has 4 N–H and O–H groups in total. The fraction of sp³-hybridized carbons (Fsp3) is 0.211. The van der Waals surface area contributed by atoms with Crippen LogP contribution < -0.4 is 16.3 Å². The van der Waals surface area contributed by atoms with Gasteiger partial charge in [0.15, 0.2) is 0 Å². The molecule has 0 spiro atoms. The second kappa shape index (κ2) is 6.18. The van der Waals surface area contributed by atoms with E-state index in [0.717, 1.165) is 6.42 Å². The number of aromatic nitrogens is 2. The molecule has 1 heterocycles. The first kappa shape index (κ1) is 16.1. The lowest BCUT2D eigenvalue weighted by Gasteiger charge is -2.08. The fourth-order valence-corrected chi connectivity index (χ4v) is 2.97. The highest BCUT2D eigenvalue weighted by atomic mass is 16.2. The van der Waals surface area contributed by atoms with Crippen LogP contribution in [0.4, 0.5) is 11.4 Å². The molecule has 1 fully saturated rings. The maximum Gasteiger partial charge on any atom is 0.323 e. The second-order valence-corrected chi connectivity index (χ2v) is 6.68. The molecule has 2 aromatic carbocycles. The van der Waals surface area contributed by atoms with Crippen LogP contribution in [0.3, 0.4) is 0 Å². The third-order valence-corrected chi connectivity index (χ3v) is 4.61. The summed E-state index contributed by atoms with van der Waals surface area (Å²) in [6, 6.07) is 11.9. The average Bonchev–Trinajstić information content (AvgIpc) is 3.22. The molecule has 7 nitrogen and oxygen atoms in total. The number of hydrogen-bond acceptors (Lipinski definition) is 3. The number of nitrogens with one attached hydrogen (secondary N) is 4. The van der Waals surface area contributed by atoms with Crippen molar-refractivity contribution in [3.8, 4) is 0 Å². The van der Waals surface area contributed by atoms with Crippen molar-refractivity contribution in [3.63, 3.8) is 0 Å². The van der Waals surface area contributed by atoms with Crippen molar-refractivity contribution in [2.75, 3.05) is 10.6 Å². The molecule has 1 aliphatic carbocycles. The van der Waals surface area contributed by atoms with Gasteiger partial charge in [-0.1, -0.05) is 13.0 Å². The summed E-state index contributed by atoms with van der Waals surface area (Å²) >= 11 is 0. The van der Waals surface area contributed by atoms with E-state index in [1.54, 1.807) is 42.5 Å². The fourth-order valence-electron chi connectivity index (χ4n) is 2.97. The van der Waals surface area contributed by atoms with Crippen molar-refractivity contribution in [2.24, 2.45) is 11.8 Å². The lowest BCUT2D eigenvalue weighted by molar-refractivity contribution is -0.117. The number of carbonyl (C=O) groups is 2. The van der Waals surface area contributed by atoms with Crippen molar-refractivity contribution in [2.45, 2.75) is 13.3 Å². The number of imidazole rings is 1. The molecule has 4 rings (SSSR count). The molecular weight excluding hydrogens is 332 g/mol. The molecule has 2 amide bonds. The monoisotopic (exact) mass is 350 g/mol. The Labute approximate surface area is 148 Å². The molecule has 132 valence electrons. The van der Waals surface area contributed by atoms with Gasteiger partial charge in [0.25, 0.3) is 5.91 Å². The summed E-state index contributed by atoms with van der Waals surface area (Å²) in [6.07, 6.45) is 0.912. The topological polar surface area (TPSA) is 107 Å². The highest BCUT2D eigenvalue weighted by Crippen LogP contribution is 2.38. The lowest BCUT2D eigenvalue weighted by atomic mass is 10.1. The molecule has 7 heteroatoms. The van der Waals surface area contributed by atoms with E-state index >= 15 is 0 Å². The van der Waals surface area contributed by atoms with Crippen LogP contribution in [0.25, 0.3) is 11.0 Å². The number of anilines is 2. The van der Waals surface area contributed by atoms with Crippen molar-refractivity contribution in [1.29, 1.82) is 0 Å². The van der Waals surface area contributed by atoms with Crippen LogP contribution >= 0.6 is 0 Å². The maximum atomic E-state index is 12.5. The highest BCUT2D eigenvalue weighted by molar-refractivity contribution is 6.06. The summed E-state index contributed by atoms with van der Waals surface area (Å²) in [4.78, 5) is 41.1. The Morgan fingerprint density at radius 1 is 1.00 bits per heavy atom. The maximum absolute atomic E-state index is 12.5. The zero-order valence-electron chi connectivity index (χ0n) is 14.1. The van der Waals surface area contributed by atoms with E-state index in [2.05, 4.69) is 20.6 Å². The van der Waals surface area contributed by atoms with E-state index in [1.807, 2.05) is 6.92 Å². The van der Waals surface area contributed by atoms with Gasteiger partial charge in [-0.25, -0.2) is 4.79 Å². The zero-order chi connectivity index (χ0) is 18.3. The Bertz CT molecular complexity index is 1070. The lowest BCUT2D eigenvalue weighted by Crippen LogP contribution is -2.16. The Kier molecular flexibility index (Phi) is 3.84. The minimum atomic E-state index is -0.295. The second-order valence-electron chi connectivity index (χ2n) is 6.68. The summed E-state index contributed by atoms with van der Waals surface area (Å²) in [7, 11) is 0. The Hall–Kier alpha value is -3.35. The van der Waals surface area contributed by atoms with Gasteiger partial charge >= 0.3 is 5.69 Å². The first-order chi connectivity index (χ1) is 12.5. The largest absolute Gasteiger partial charge is 0.326 e. The Morgan fingerprint density at radius 2 is 1.73 bits per heavy atom. The van der Waals surface area contributed by atoms with Gasteiger partial charge in [-0.15, -0.1) is 0 Å². The quantitative estimate of drug-likeness (QED) is 0.581. The van der Waals surface area contributed by atoms with Crippen LogP contribution in [-0.2, 0) is 4.79 Å². The number of carbonyl (C=O) groups excluding carboxylic acids is 2. The van der Waals surface area contributed by atoms with E-state index in [1.165, 1.54) is 0 Å². The van der Waals surface area contributed by atoms with Gasteiger partial charge in [-0.05, 0) is 48.7 Å². The van der Waals surface area contributed by atoms with Gasteiger partial charge in [-0.3, -0.25) is 9.59 Å². The molecular formula is C19H18N4O3. The van der Waals surface area contributed by atoms with E-state index < -0.39 is 0 Å². The smallest absolute Gasteiger partial charge is 0.323 e. The number of aromatic amines is 2. The zero-order valence-corrected chi connectivity index (χ0v) is 14.1. The molecule has 0 radical (unpaired) electrons. The van der Waals surface area contributed by atoms with Gasteiger partial charge < -0.3 is 20.6 Å². The number of H-pyrrole nitrogens is 2. The Balaban J connectivity index is 1.49. The van der Waals surface area contributed by atoms with E-state index in [9.17, 15) is 14.4 Å². The predicted octanol–water partition coefficient (Wildman–Crippen LogP) is 2.70. The SMILES string of the molecule is C[C@@H]1C[C@@H]1C(=O)Nc1cccc(C(=O)Nc2ccc3[nH]c(=O)[nH]c3c2)c1. The summed E-state index contributed by atoms with van der Waals surface area (Å²) in [6.45, 7) is 2.04. The van der Waals surface area contributed by atoms with Gasteiger partial charge in [0.05, 0.1) is 11.0 Å². The summed E-state index contributed by atoms with van der Waals surface area (Å²) in [5.41, 5.74) is 2.61. The van der Waals surface area contributed by atoms with E-state index in [0.29, 0.717) is 33.9 Å². The standard InChI is InChI=1S/C19H18N4O3/c1-10-7-14(10)18(25)21-12-4-2-3-11(8-12)17(24)20-13-5-6-15-16(9-13)23-19(26)22-15/h2-6,8-10,14H,7H2,1H3,(H,20,24)(H,21,25)(H2,22,23,26)/t10-,14+/m1/s1. The molecule has 26 heavy (non-hydrogen) atoms. The number of hydrogen-bond donors (Lipinski definition) is 4.